The molecule has 0 unspecified atom stereocenters. The molecule has 0 atom stereocenters. The molecule has 2 aromatic carbocycles. The Morgan fingerprint density at radius 2 is 1.68 bits per heavy atom. The number of carbonyl (C=O) groups excluding carboxylic acids is 1. The molecule has 0 aromatic heterocycles. The van der Waals surface area contributed by atoms with Gasteiger partial charge in [0.05, 0.1) is 12.1 Å². The van der Waals surface area contributed by atoms with Gasteiger partial charge in [-0.15, -0.1) is 0 Å². The average Bonchev–Trinajstić information content (AvgIpc) is 2.63. The molecule has 0 radical (unpaired) electrons. The predicted octanol–water partition coefficient (Wildman–Crippen LogP) is 4.12. The summed E-state index contributed by atoms with van der Waals surface area (Å²) >= 11 is 6.01. The maximum atomic E-state index is 12.8. The standard InChI is InChI=1S/C20H21ClF3N3O/c21-17-5-1-3-15(11-17)13-26-7-9-27(10-8-26)14-19(28)25-18-6-2-4-16(12-18)20(22,23)24/h1-6,11-12H,7-10,13-14H2,(H,25,28). The van der Waals surface area contributed by atoms with E-state index >= 15 is 0 Å². The fraction of sp³-hybridized carbons (Fsp3) is 0.350. The summed E-state index contributed by atoms with van der Waals surface area (Å²) in [6, 6.07) is 12.4. The van der Waals surface area contributed by atoms with Gasteiger partial charge in [0.15, 0.2) is 0 Å². The van der Waals surface area contributed by atoms with Crippen molar-refractivity contribution in [3.8, 4) is 0 Å². The van der Waals surface area contributed by atoms with E-state index in [0.29, 0.717) is 5.02 Å². The van der Waals surface area contributed by atoms with Crippen LogP contribution in [0, 0.1) is 0 Å². The molecule has 1 fully saturated rings. The van der Waals surface area contributed by atoms with Crippen molar-refractivity contribution in [2.75, 3.05) is 38.0 Å². The minimum atomic E-state index is -4.43. The van der Waals surface area contributed by atoms with Crippen molar-refractivity contribution in [1.29, 1.82) is 0 Å². The van der Waals surface area contributed by atoms with E-state index < -0.39 is 11.7 Å². The molecule has 150 valence electrons. The third kappa shape index (κ3) is 5.95. The maximum Gasteiger partial charge on any atom is 0.416 e. The van der Waals surface area contributed by atoms with Crippen molar-refractivity contribution < 1.29 is 18.0 Å². The van der Waals surface area contributed by atoms with Gasteiger partial charge in [-0.2, -0.15) is 13.2 Å². The van der Waals surface area contributed by atoms with E-state index in [4.69, 9.17) is 11.6 Å². The molecule has 1 aliphatic heterocycles. The summed E-state index contributed by atoms with van der Waals surface area (Å²) in [5.41, 5.74) is 0.516. The summed E-state index contributed by atoms with van der Waals surface area (Å²) in [5, 5.41) is 3.26. The van der Waals surface area contributed by atoms with Crippen LogP contribution in [0.5, 0.6) is 0 Å². The zero-order valence-electron chi connectivity index (χ0n) is 15.2. The minimum absolute atomic E-state index is 0.152. The van der Waals surface area contributed by atoms with Gasteiger partial charge in [-0.1, -0.05) is 29.8 Å². The van der Waals surface area contributed by atoms with Crippen molar-refractivity contribution >= 4 is 23.2 Å². The van der Waals surface area contributed by atoms with Crippen LogP contribution in [0.1, 0.15) is 11.1 Å². The zero-order chi connectivity index (χ0) is 20.1. The normalized spacial score (nSPS) is 16.1. The lowest BCUT2D eigenvalue weighted by atomic mass is 10.2. The highest BCUT2D eigenvalue weighted by molar-refractivity contribution is 6.30. The molecule has 0 spiro atoms. The molecule has 0 aliphatic carbocycles. The number of benzene rings is 2. The van der Waals surface area contributed by atoms with Crippen molar-refractivity contribution in [2.24, 2.45) is 0 Å². The molecule has 1 N–H and O–H groups in total. The predicted molar refractivity (Wildman–Crippen MR) is 103 cm³/mol. The number of halogens is 4. The first-order chi connectivity index (χ1) is 13.3. The first kappa shape index (κ1) is 20.6. The van der Waals surface area contributed by atoms with E-state index in [2.05, 4.69) is 10.2 Å². The van der Waals surface area contributed by atoms with Crippen molar-refractivity contribution in [3.63, 3.8) is 0 Å². The van der Waals surface area contributed by atoms with E-state index in [1.54, 1.807) is 0 Å². The maximum absolute atomic E-state index is 12.8. The van der Waals surface area contributed by atoms with Gasteiger partial charge in [0.2, 0.25) is 5.91 Å². The molecule has 1 saturated heterocycles. The molecule has 4 nitrogen and oxygen atoms in total. The smallest absolute Gasteiger partial charge is 0.325 e. The Hall–Kier alpha value is -2.09. The average molecular weight is 412 g/mol. The molecule has 0 bridgehead atoms. The number of rotatable bonds is 5. The third-order valence-corrected chi connectivity index (χ3v) is 4.84. The summed E-state index contributed by atoms with van der Waals surface area (Å²) in [5.74, 6) is -0.317. The van der Waals surface area contributed by atoms with Crippen LogP contribution in [-0.4, -0.2) is 48.4 Å². The molecular formula is C20H21ClF3N3O. The number of piperazine rings is 1. The Labute approximate surface area is 166 Å². The summed E-state index contributed by atoms with van der Waals surface area (Å²) < 4.78 is 38.3. The lowest BCUT2D eigenvalue weighted by molar-refractivity contribution is -0.137. The van der Waals surface area contributed by atoms with Crippen LogP contribution in [0.3, 0.4) is 0 Å². The van der Waals surface area contributed by atoms with Gasteiger partial charge in [-0.05, 0) is 35.9 Å². The largest absolute Gasteiger partial charge is 0.416 e. The van der Waals surface area contributed by atoms with E-state index in [0.717, 1.165) is 50.4 Å². The van der Waals surface area contributed by atoms with Gasteiger partial charge in [0.1, 0.15) is 0 Å². The number of nitrogens with zero attached hydrogens (tertiary/aromatic N) is 2. The first-order valence-corrected chi connectivity index (χ1v) is 9.34. The van der Waals surface area contributed by atoms with Crippen LogP contribution < -0.4 is 5.32 Å². The second kappa shape index (κ2) is 8.94. The number of nitrogens with one attached hydrogen (secondary N) is 1. The number of carbonyl (C=O) groups is 1. The summed E-state index contributed by atoms with van der Waals surface area (Å²) in [4.78, 5) is 16.5. The van der Waals surface area contributed by atoms with Crippen molar-refractivity contribution in [3.05, 3.63) is 64.7 Å². The second-order valence-electron chi connectivity index (χ2n) is 6.81. The van der Waals surface area contributed by atoms with Crippen LogP contribution in [0.15, 0.2) is 48.5 Å². The number of alkyl halides is 3. The first-order valence-electron chi connectivity index (χ1n) is 8.96. The van der Waals surface area contributed by atoms with Gasteiger partial charge < -0.3 is 5.32 Å². The summed E-state index contributed by atoms with van der Waals surface area (Å²) in [6.07, 6.45) is -4.43. The SMILES string of the molecule is O=C(CN1CCN(Cc2cccc(Cl)c2)CC1)Nc1cccc(C(F)(F)F)c1. The van der Waals surface area contributed by atoms with E-state index in [-0.39, 0.29) is 18.1 Å². The van der Waals surface area contributed by atoms with E-state index in [1.165, 1.54) is 12.1 Å². The molecule has 1 amide bonds. The van der Waals surface area contributed by atoms with Gasteiger partial charge in [-0.3, -0.25) is 14.6 Å². The zero-order valence-corrected chi connectivity index (χ0v) is 15.9. The Bertz CT molecular complexity index is 820. The number of hydrogen-bond acceptors (Lipinski definition) is 3. The summed E-state index contributed by atoms with van der Waals surface area (Å²) in [7, 11) is 0. The molecule has 8 heteroatoms. The summed E-state index contributed by atoms with van der Waals surface area (Å²) in [6.45, 7) is 4.01. The quantitative estimate of drug-likeness (QED) is 0.804. The van der Waals surface area contributed by atoms with Crippen LogP contribution in [0.2, 0.25) is 5.02 Å². The van der Waals surface area contributed by atoms with Gasteiger partial charge in [-0.25, -0.2) is 0 Å². The topological polar surface area (TPSA) is 35.6 Å². The fourth-order valence-electron chi connectivity index (χ4n) is 3.18. The highest BCUT2D eigenvalue weighted by atomic mass is 35.5. The number of anilines is 1. The fourth-order valence-corrected chi connectivity index (χ4v) is 3.39. The van der Waals surface area contributed by atoms with Crippen LogP contribution >= 0.6 is 11.6 Å². The van der Waals surface area contributed by atoms with Gasteiger partial charge >= 0.3 is 6.18 Å². The van der Waals surface area contributed by atoms with Gasteiger partial charge in [0, 0.05) is 43.4 Å². The Morgan fingerprint density at radius 1 is 1.00 bits per heavy atom. The van der Waals surface area contributed by atoms with Crippen molar-refractivity contribution in [2.45, 2.75) is 12.7 Å². The Kier molecular flexibility index (Phi) is 6.59. The molecular weight excluding hydrogens is 391 g/mol. The molecule has 0 saturated carbocycles. The Morgan fingerprint density at radius 3 is 2.36 bits per heavy atom. The second-order valence-corrected chi connectivity index (χ2v) is 7.25. The molecule has 3 rings (SSSR count). The third-order valence-electron chi connectivity index (χ3n) is 4.60. The van der Waals surface area contributed by atoms with E-state index in [9.17, 15) is 18.0 Å². The van der Waals surface area contributed by atoms with Crippen LogP contribution in [0.4, 0.5) is 18.9 Å². The monoisotopic (exact) mass is 411 g/mol. The van der Waals surface area contributed by atoms with Gasteiger partial charge in [0.25, 0.3) is 0 Å². The van der Waals surface area contributed by atoms with Crippen LogP contribution in [0.25, 0.3) is 0 Å². The highest BCUT2D eigenvalue weighted by Crippen LogP contribution is 2.30. The Balaban J connectivity index is 1.46. The van der Waals surface area contributed by atoms with Crippen LogP contribution in [-0.2, 0) is 17.5 Å². The van der Waals surface area contributed by atoms with Crippen molar-refractivity contribution in [1.82, 2.24) is 9.80 Å². The lowest BCUT2D eigenvalue weighted by Crippen LogP contribution is -2.48. The molecule has 1 aliphatic rings. The number of hydrogen-bond donors (Lipinski definition) is 1. The molecule has 2 aromatic rings. The molecule has 1 heterocycles. The number of amides is 1. The molecule has 28 heavy (non-hydrogen) atoms. The lowest BCUT2D eigenvalue weighted by Gasteiger charge is -2.34. The van der Waals surface area contributed by atoms with E-state index in [1.807, 2.05) is 29.2 Å². The minimum Gasteiger partial charge on any atom is -0.325 e. The highest BCUT2D eigenvalue weighted by Gasteiger charge is 2.30.